The second-order valence-corrected chi connectivity index (χ2v) is 4.74. The summed E-state index contributed by atoms with van der Waals surface area (Å²) in [6.45, 7) is 0.161. The van der Waals surface area contributed by atoms with Crippen LogP contribution in [-0.2, 0) is 14.3 Å². The van der Waals surface area contributed by atoms with Crippen molar-refractivity contribution < 1.29 is 24.2 Å². The summed E-state index contributed by atoms with van der Waals surface area (Å²) in [5, 5.41) is 11.3. The molecule has 108 valence electrons. The number of carbonyl (C=O) groups excluding carboxylic acids is 2. The summed E-state index contributed by atoms with van der Waals surface area (Å²) in [6.07, 6.45) is 1.93. The molecule has 0 bridgehead atoms. The number of carboxylic acids is 1. The van der Waals surface area contributed by atoms with E-state index >= 15 is 0 Å². The van der Waals surface area contributed by atoms with Crippen LogP contribution in [0.3, 0.4) is 0 Å². The second-order valence-electron chi connectivity index (χ2n) is 4.74. The minimum Gasteiger partial charge on any atom is -0.481 e. The zero-order chi connectivity index (χ0) is 14.4. The van der Waals surface area contributed by atoms with Crippen molar-refractivity contribution in [3.63, 3.8) is 0 Å². The lowest BCUT2D eigenvalue weighted by Crippen LogP contribution is -2.43. The molecular weight excluding hydrogens is 252 g/mol. The highest BCUT2D eigenvalue weighted by molar-refractivity contribution is 5.76. The van der Waals surface area contributed by atoms with Crippen LogP contribution in [0.5, 0.6) is 0 Å². The van der Waals surface area contributed by atoms with Gasteiger partial charge in [-0.3, -0.25) is 9.59 Å². The van der Waals surface area contributed by atoms with Gasteiger partial charge in [-0.2, -0.15) is 0 Å². The number of rotatable bonds is 5. The normalized spacial score (nSPS) is 21.8. The van der Waals surface area contributed by atoms with E-state index in [2.05, 4.69) is 10.1 Å². The van der Waals surface area contributed by atoms with E-state index in [0.29, 0.717) is 12.8 Å². The third-order valence-corrected chi connectivity index (χ3v) is 3.30. The van der Waals surface area contributed by atoms with Crippen LogP contribution in [0.2, 0.25) is 0 Å². The van der Waals surface area contributed by atoms with Gasteiger partial charge in [-0.25, -0.2) is 4.79 Å². The maximum absolute atomic E-state index is 11.8. The first-order valence-corrected chi connectivity index (χ1v) is 6.25. The Morgan fingerprint density at radius 2 is 2.05 bits per heavy atom. The molecule has 0 heterocycles. The summed E-state index contributed by atoms with van der Waals surface area (Å²) in [5.41, 5.74) is 0. The molecule has 0 aromatic rings. The van der Waals surface area contributed by atoms with Gasteiger partial charge in [0.05, 0.1) is 19.4 Å². The highest BCUT2D eigenvalue weighted by Crippen LogP contribution is 2.26. The molecule has 1 saturated carbocycles. The fourth-order valence-electron chi connectivity index (χ4n) is 2.14. The van der Waals surface area contributed by atoms with Crippen molar-refractivity contribution in [1.82, 2.24) is 10.2 Å². The monoisotopic (exact) mass is 272 g/mol. The summed E-state index contributed by atoms with van der Waals surface area (Å²) >= 11 is 0. The fourth-order valence-corrected chi connectivity index (χ4v) is 2.14. The minimum atomic E-state index is -0.939. The SMILES string of the molecule is COC(=O)[C@H]1CC[C@@H](NC(=O)N(C)CCC(=O)O)C1. The van der Waals surface area contributed by atoms with Crippen LogP contribution in [0.15, 0.2) is 0 Å². The molecule has 0 radical (unpaired) electrons. The van der Waals surface area contributed by atoms with Gasteiger partial charge in [0.25, 0.3) is 0 Å². The summed E-state index contributed by atoms with van der Waals surface area (Å²) in [5.74, 6) is -1.33. The van der Waals surface area contributed by atoms with Gasteiger partial charge in [0.15, 0.2) is 0 Å². The van der Waals surface area contributed by atoms with Gasteiger partial charge < -0.3 is 20.1 Å². The molecule has 0 aromatic heterocycles. The molecule has 7 heteroatoms. The number of hydrogen-bond donors (Lipinski definition) is 2. The average Bonchev–Trinajstić information content (AvgIpc) is 2.83. The van der Waals surface area contributed by atoms with E-state index < -0.39 is 5.97 Å². The average molecular weight is 272 g/mol. The van der Waals surface area contributed by atoms with Gasteiger partial charge in [-0.05, 0) is 19.3 Å². The lowest BCUT2D eigenvalue weighted by Gasteiger charge is -2.20. The molecule has 19 heavy (non-hydrogen) atoms. The molecule has 1 aliphatic rings. The van der Waals surface area contributed by atoms with E-state index in [9.17, 15) is 14.4 Å². The molecule has 1 fully saturated rings. The van der Waals surface area contributed by atoms with E-state index in [1.165, 1.54) is 12.0 Å². The molecule has 1 rings (SSSR count). The highest BCUT2D eigenvalue weighted by atomic mass is 16.5. The zero-order valence-corrected chi connectivity index (χ0v) is 11.2. The molecule has 1 aliphatic carbocycles. The summed E-state index contributed by atoms with van der Waals surface area (Å²) in [6, 6.07) is -0.361. The van der Waals surface area contributed by atoms with Crippen molar-refractivity contribution in [2.24, 2.45) is 5.92 Å². The molecule has 0 aromatic carbocycles. The van der Waals surface area contributed by atoms with E-state index in [-0.39, 0.29) is 36.9 Å². The zero-order valence-electron chi connectivity index (χ0n) is 11.2. The first-order valence-electron chi connectivity index (χ1n) is 6.25. The summed E-state index contributed by atoms with van der Waals surface area (Å²) in [7, 11) is 2.90. The molecule has 0 spiro atoms. The van der Waals surface area contributed by atoms with Gasteiger partial charge in [-0.15, -0.1) is 0 Å². The Balaban J connectivity index is 2.33. The van der Waals surface area contributed by atoms with Gasteiger partial charge in [0.2, 0.25) is 0 Å². The first-order chi connectivity index (χ1) is 8.93. The third kappa shape index (κ3) is 4.76. The molecule has 0 saturated heterocycles. The number of esters is 1. The number of methoxy groups -OCH3 is 1. The van der Waals surface area contributed by atoms with E-state index in [1.807, 2.05) is 0 Å². The van der Waals surface area contributed by atoms with E-state index in [4.69, 9.17) is 5.11 Å². The first kappa shape index (κ1) is 15.3. The van der Waals surface area contributed by atoms with Gasteiger partial charge in [0.1, 0.15) is 0 Å². The van der Waals surface area contributed by atoms with Gasteiger partial charge in [-0.1, -0.05) is 0 Å². The quantitative estimate of drug-likeness (QED) is 0.708. The fraction of sp³-hybridized carbons (Fsp3) is 0.750. The number of aliphatic carboxylic acids is 1. The standard InChI is InChI=1S/C12H20N2O5/c1-14(6-5-10(15)16)12(18)13-9-4-3-8(7-9)11(17)19-2/h8-9H,3-7H2,1-2H3,(H,13,18)(H,15,16)/t8-,9+/m0/s1. The number of carbonyl (C=O) groups is 3. The number of nitrogens with zero attached hydrogens (tertiary/aromatic N) is 1. The highest BCUT2D eigenvalue weighted by Gasteiger charge is 2.31. The largest absolute Gasteiger partial charge is 0.481 e. The van der Waals surface area contributed by atoms with Gasteiger partial charge in [0, 0.05) is 19.6 Å². The Morgan fingerprint density at radius 3 is 2.63 bits per heavy atom. The molecule has 7 nitrogen and oxygen atoms in total. The van der Waals surface area contributed by atoms with Gasteiger partial charge >= 0.3 is 18.0 Å². The Hall–Kier alpha value is -1.79. The lowest BCUT2D eigenvalue weighted by molar-refractivity contribution is -0.145. The lowest BCUT2D eigenvalue weighted by atomic mass is 10.1. The molecule has 0 unspecified atom stereocenters. The van der Waals surface area contributed by atoms with E-state index in [1.54, 1.807) is 7.05 Å². The van der Waals surface area contributed by atoms with Crippen LogP contribution in [0.1, 0.15) is 25.7 Å². The molecule has 0 aliphatic heterocycles. The van der Waals surface area contributed by atoms with Crippen molar-refractivity contribution in [3.8, 4) is 0 Å². The van der Waals surface area contributed by atoms with Crippen LogP contribution in [0, 0.1) is 5.92 Å². The number of urea groups is 1. The minimum absolute atomic E-state index is 0.0520. The Kier molecular flexibility index (Phi) is 5.59. The smallest absolute Gasteiger partial charge is 0.317 e. The van der Waals surface area contributed by atoms with Crippen molar-refractivity contribution >= 4 is 18.0 Å². The summed E-state index contributed by atoms with van der Waals surface area (Å²) < 4.78 is 4.67. The van der Waals surface area contributed by atoms with Crippen LogP contribution in [0.25, 0.3) is 0 Å². The van der Waals surface area contributed by atoms with E-state index in [0.717, 1.165) is 6.42 Å². The van der Waals surface area contributed by atoms with Crippen LogP contribution >= 0.6 is 0 Å². The number of carboxylic acid groups (broad SMARTS) is 1. The number of hydrogen-bond acceptors (Lipinski definition) is 4. The molecule has 2 amide bonds. The second kappa shape index (κ2) is 6.96. The van der Waals surface area contributed by atoms with Crippen LogP contribution in [0.4, 0.5) is 4.79 Å². The van der Waals surface area contributed by atoms with Crippen LogP contribution in [-0.4, -0.2) is 54.7 Å². The van der Waals surface area contributed by atoms with Crippen LogP contribution < -0.4 is 5.32 Å². The predicted molar refractivity (Wildman–Crippen MR) is 66.6 cm³/mol. The summed E-state index contributed by atoms with van der Waals surface area (Å²) in [4.78, 5) is 34.9. The molecular formula is C12H20N2O5. The Labute approximate surface area is 111 Å². The molecule has 2 atom stereocenters. The Morgan fingerprint density at radius 1 is 1.37 bits per heavy atom. The van der Waals surface area contributed by atoms with Crippen molar-refractivity contribution in [2.45, 2.75) is 31.7 Å². The van der Waals surface area contributed by atoms with Crippen molar-refractivity contribution in [3.05, 3.63) is 0 Å². The topological polar surface area (TPSA) is 95.9 Å². The number of amides is 2. The predicted octanol–water partition coefficient (Wildman–Crippen LogP) is 0.444. The van der Waals surface area contributed by atoms with Crippen molar-refractivity contribution in [2.75, 3.05) is 20.7 Å². The Bertz CT molecular complexity index is 358. The number of ether oxygens (including phenoxy) is 1. The number of nitrogens with one attached hydrogen (secondary N) is 1. The maximum atomic E-state index is 11.8. The third-order valence-electron chi connectivity index (χ3n) is 3.30. The molecule has 2 N–H and O–H groups in total. The van der Waals surface area contributed by atoms with Crippen molar-refractivity contribution in [1.29, 1.82) is 0 Å². The maximum Gasteiger partial charge on any atom is 0.317 e.